The van der Waals surface area contributed by atoms with E-state index in [1.807, 2.05) is 48.5 Å². The van der Waals surface area contributed by atoms with Gasteiger partial charge >= 0.3 is 0 Å². The van der Waals surface area contributed by atoms with E-state index >= 15 is 0 Å². The van der Waals surface area contributed by atoms with E-state index < -0.39 is 0 Å². The normalized spacial score (nSPS) is 11.0. The first-order valence-corrected chi connectivity index (χ1v) is 8.41. The van der Waals surface area contributed by atoms with Crippen LogP contribution in [0.4, 0.5) is 0 Å². The van der Waals surface area contributed by atoms with E-state index in [-0.39, 0.29) is 5.56 Å². The largest absolute Gasteiger partial charge is 0.271 e. The predicted octanol–water partition coefficient (Wildman–Crippen LogP) is 3.16. The molecule has 3 heterocycles. The van der Waals surface area contributed by atoms with Crippen LogP contribution in [0.25, 0.3) is 21.6 Å². The number of fused-ring (bicyclic) bond motifs is 1. The van der Waals surface area contributed by atoms with Crippen molar-refractivity contribution < 1.29 is 0 Å². The summed E-state index contributed by atoms with van der Waals surface area (Å²) in [6.07, 6.45) is 4.11. The lowest BCUT2D eigenvalue weighted by Gasteiger charge is -1.99. The topological polar surface area (TPSA) is 60.7 Å². The molecule has 0 amide bonds. The Morgan fingerprint density at radius 1 is 1.00 bits per heavy atom. The highest BCUT2D eigenvalue weighted by molar-refractivity contribution is 7.13. The smallest absolute Gasteiger partial charge is 0.268 e. The average molecular weight is 334 g/mol. The van der Waals surface area contributed by atoms with Crippen molar-refractivity contribution in [2.45, 2.75) is 13.0 Å². The summed E-state index contributed by atoms with van der Waals surface area (Å²) < 4.78 is 1.72. The molecule has 24 heavy (non-hydrogen) atoms. The zero-order chi connectivity index (χ0) is 16.4. The Labute approximate surface area is 142 Å². The first-order chi connectivity index (χ1) is 11.8. The van der Waals surface area contributed by atoms with Crippen LogP contribution < -0.4 is 5.56 Å². The summed E-state index contributed by atoms with van der Waals surface area (Å²) in [6, 6.07) is 15.6. The highest BCUT2D eigenvalue weighted by Gasteiger charge is 2.11. The van der Waals surface area contributed by atoms with Gasteiger partial charge < -0.3 is 0 Å². The Morgan fingerprint density at radius 3 is 2.62 bits per heavy atom. The molecular weight excluding hydrogens is 320 g/mol. The Bertz CT molecular complexity index is 1030. The molecule has 0 aliphatic rings. The fraction of sp³-hybridized carbons (Fsp3) is 0.111. The van der Waals surface area contributed by atoms with Gasteiger partial charge in [0.1, 0.15) is 4.83 Å². The Hall–Kier alpha value is -2.86. The molecule has 0 fully saturated rings. The van der Waals surface area contributed by atoms with Crippen molar-refractivity contribution in [3.63, 3.8) is 0 Å². The summed E-state index contributed by atoms with van der Waals surface area (Å²) in [7, 11) is 0. The van der Waals surface area contributed by atoms with E-state index in [0.29, 0.717) is 24.2 Å². The van der Waals surface area contributed by atoms with E-state index in [4.69, 9.17) is 0 Å². The second-order valence-electron chi connectivity index (χ2n) is 5.35. The molecule has 4 aromatic rings. The molecule has 0 spiro atoms. The van der Waals surface area contributed by atoms with E-state index in [9.17, 15) is 4.79 Å². The van der Waals surface area contributed by atoms with E-state index in [2.05, 4.69) is 15.0 Å². The second-order valence-corrected chi connectivity index (χ2v) is 6.36. The summed E-state index contributed by atoms with van der Waals surface area (Å²) in [5.74, 6) is 0.640. The quantitative estimate of drug-likeness (QED) is 0.575. The summed E-state index contributed by atoms with van der Waals surface area (Å²) in [6.45, 7) is 0.595. The molecule has 0 bridgehead atoms. The van der Waals surface area contributed by atoms with Gasteiger partial charge in [0.05, 0.1) is 5.39 Å². The monoisotopic (exact) mass is 334 g/mol. The van der Waals surface area contributed by atoms with Gasteiger partial charge in [-0.05, 0) is 23.7 Å². The van der Waals surface area contributed by atoms with E-state index in [1.54, 1.807) is 16.4 Å². The fourth-order valence-electron chi connectivity index (χ4n) is 2.50. The van der Waals surface area contributed by atoms with Crippen LogP contribution in [0, 0.1) is 0 Å². The summed E-state index contributed by atoms with van der Waals surface area (Å²) in [4.78, 5) is 26.4. The summed E-state index contributed by atoms with van der Waals surface area (Å²) in [5, 5.41) is 0.570. The van der Waals surface area contributed by atoms with Gasteiger partial charge in [-0.1, -0.05) is 36.4 Å². The minimum atomic E-state index is -0.0365. The first-order valence-electron chi connectivity index (χ1n) is 7.63. The van der Waals surface area contributed by atoms with Gasteiger partial charge in [-0.2, -0.15) is 0 Å². The maximum Gasteiger partial charge on any atom is 0.271 e. The SMILES string of the molecule is O=c1c2cnc(-c3ccccc3)nc2sn1CCc1ccccn1. The molecule has 0 atom stereocenters. The summed E-state index contributed by atoms with van der Waals surface area (Å²) in [5.41, 5.74) is 1.88. The summed E-state index contributed by atoms with van der Waals surface area (Å²) >= 11 is 1.38. The van der Waals surface area contributed by atoms with Crippen LogP contribution in [0.5, 0.6) is 0 Å². The van der Waals surface area contributed by atoms with Crippen molar-refractivity contribution in [2.24, 2.45) is 0 Å². The van der Waals surface area contributed by atoms with Crippen molar-refractivity contribution >= 4 is 21.7 Å². The van der Waals surface area contributed by atoms with Gasteiger partial charge in [0.25, 0.3) is 5.56 Å². The number of aryl methyl sites for hydroxylation is 2. The third kappa shape index (κ3) is 2.83. The molecule has 6 heteroatoms. The fourth-order valence-corrected chi connectivity index (χ4v) is 3.44. The molecule has 0 saturated carbocycles. The molecule has 0 aliphatic heterocycles. The lowest BCUT2D eigenvalue weighted by molar-refractivity contribution is 0.723. The minimum absolute atomic E-state index is 0.0365. The minimum Gasteiger partial charge on any atom is -0.268 e. The van der Waals surface area contributed by atoms with Gasteiger partial charge in [0, 0.05) is 36.6 Å². The van der Waals surface area contributed by atoms with E-state index in [0.717, 1.165) is 16.1 Å². The van der Waals surface area contributed by atoms with Crippen LogP contribution in [0.2, 0.25) is 0 Å². The molecule has 0 N–H and O–H groups in total. The number of aromatic nitrogens is 4. The lowest BCUT2D eigenvalue weighted by Crippen LogP contribution is -2.14. The third-order valence-corrected chi connectivity index (χ3v) is 4.79. The Balaban J connectivity index is 1.66. The van der Waals surface area contributed by atoms with Gasteiger partial charge in [-0.25, -0.2) is 9.97 Å². The van der Waals surface area contributed by atoms with Crippen LogP contribution in [0.15, 0.2) is 65.7 Å². The molecule has 0 saturated heterocycles. The third-order valence-electron chi connectivity index (χ3n) is 3.74. The molecule has 4 rings (SSSR count). The van der Waals surface area contributed by atoms with Crippen molar-refractivity contribution in [3.05, 3.63) is 77.0 Å². The maximum absolute atomic E-state index is 12.5. The molecule has 0 unspecified atom stereocenters. The molecule has 1 aromatic carbocycles. The van der Waals surface area contributed by atoms with Gasteiger partial charge in [0.15, 0.2) is 5.82 Å². The second kappa shape index (κ2) is 6.33. The van der Waals surface area contributed by atoms with Crippen molar-refractivity contribution in [1.82, 2.24) is 18.9 Å². The molecule has 118 valence electrons. The highest BCUT2D eigenvalue weighted by Crippen LogP contribution is 2.19. The number of benzene rings is 1. The molecular formula is C18H14N4OS. The standard InChI is InChI=1S/C18H14N4OS/c23-18-15-12-20-16(13-6-2-1-3-7-13)21-17(15)24-22(18)11-9-14-8-4-5-10-19-14/h1-8,10,12H,9,11H2. The molecule has 0 aliphatic carbocycles. The van der Waals surface area contributed by atoms with E-state index in [1.165, 1.54) is 11.5 Å². The van der Waals surface area contributed by atoms with Gasteiger partial charge in [0.2, 0.25) is 0 Å². The number of nitrogens with zero attached hydrogens (tertiary/aromatic N) is 4. The van der Waals surface area contributed by atoms with Crippen molar-refractivity contribution in [1.29, 1.82) is 0 Å². The molecule has 0 radical (unpaired) electrons. The highest BCUT2D eigenvalue weighted by atomic mass is 32.1. The molecule has 5 nitrogen and oxygen atoms in total. The zero-order valence-corrected chi connectivity index (χ0v) is 13.6. The Morgan fingerprint density at radius 2 is 1.83 bits per heavy atom. The van der Waals surface area contributed by atoms with Crippen LogP contribution in [0.3, 0.4) is 0 Å². The predicted molar refractivity (Wildman–Crippen MR) is 95.1 cm³/mol. The number of hydrogen-bond acceptors (Lipinski definition) is 5. The van der Waals surface area contributed by atoms with Gasteiger partial charge in [-0.15, -0.1) is 0 Å². The molecule has 3 aromatic heterocycles. The van der Waals surface area contributed by atoms with Crippen LogP contribution in [-0.4, -0.2) is 18.9 Å². The van der Waals surface area contributed by atoms with Crippen LogP contribution >= 0.6 is 11.5 Å². The number of pyridine rings is 1. The first kappa shape index (κ1) is 14.7. The van der Waals surface area contributed by atoms with Crippen molar-refractivity contribution in [3.8, 4) is 11.4 Å². The average Bonchev–Trinajstić information content (AvgIpc) is 2.97. The maximum atomic E-state index is 12.5. The van der Waals surface area contributed by atoms with Crippen molar-refractivity contribution in [2.75, 3.05) is 0 Å². The number of rotatable bonds is 4. The zero-order valence-electron chi connectivity index (χ0n) is 12.8. The van der Waals surface area contributed by atoms with Crippen LogP contribution in [-0.2, 0) is 13.0 Å². The van der Waals surface area contributed by atoms with Gasteiger partial charge in [-0.3, -0.25) is 13.7 Å². The Kier molecular flexibility index (Phi) is 3.88. The number of hydrogen-bond donors (Lipinski definition) is 0. The lowest BCUT2D eigenvalue weighted by atomic mass is 10.2. The van der Waals surface area contributed by atoms with Crippen LogP contribution in [0.1, 0.15) is 5.69 Å².